The molecule has 1 saturated heterocycles. The summed E-state index contributed by atoms with van der Waals surface area (Å²) in [6.07, 6.45) is 0. The molecule has 2 aromatic rings. The van der Waals surface area contributed by atoms with Gasteiger partial charge in [-0.2, -0.15) is 0 Å². The van der Waals surface area contributed by atoms with E-state index in [4.69, 9.17) is 0 Å². The van der Waals surface area contributed by atoms with Gasteiger partial charge in [0.25, 0.3) is 0 Å². The quantitative estimate of drug-likeness (QED) is 0.847. The Morgan fingerprint density at radius 2 is 1.48 bits per heavy atom. The van der Waals surface area contributed by atoms with Crippen molar-refractivity contribution in [3.8, 4) is 0 Å². The van der Waals surface area contributed by atoms with Gasteiger partial charge in [0.2, 0.25) is 0 Å². The van der Waals surface area contributed by atoms with Gasteiger partial charge in [-0.15, -0.1) is 0 Å². The van der Waals surface area contributed by atoms with Crippen LogP contribution in [0, 0.1) is 13.8 Å². The van der Waals surface area contributed by atoms with Crippen molar-refractivity contribution in [2.45, 2.75) is 20.4 Å². The fraction of sp³-hybridized carbons (Fsp3) is 0.368. The Kier molecular flexibility index (Phi) is 4.26. The zero-order valence-electron chi connectivity index (χ0n) is 13.0. The SMILES string of the molecule is Cc1ccc(N2CCN(Cc3ccccc3C)CC2)cc1. The van der Waals surface area contributed by atoms with E-state index in [1.807, 2.05) is 0 Å². The number of benzene rings is 2. The number of rotatable bonds is 3. The molecule has 2 nitrogen and oxygen atoms in total. The molecule has 0 spiro atoms. The molecular formula is C19H24N2. The number of aryl methyl sites for hydroxylation is 2. The minimum atomic E-state index is 1.08. The van der Waals surface area contributed by atoms with Gasteiger partial charge in [0.15, 0.2) is 0 Å². The van der Waals surface area contributed by atoms with Crippen LogP contribution >= 0.6 is 0 Å². The van der Waals surface area contributed by atoms with Crippen LogP contribution in [-0.2, 0) is 6.54 Å². The van der Waals surface area contributed by atoms with E-state index in [-0.39, 0.29) is 0 Å². The lowest BCUT2D eigenvalue weighted by Gasteiger charge is -2.36. The normalized spacial score (nSPS) is 16.2. The maximum atomic E-state index is 2.56. The highest BCUT2D eigenvalue weighted by Crippen LogP contribution is 2.18. The van der Waals surface area contributed by atoms with Crippen molar-refractivity contribution in [1.29, 1.82) is 0 Å². The molecule has 0 amide bonds. The van der Waals surface area contributed by atoms with Crippen LogP contribution < -0.4 is 4.90 Å². The molecule has 1 fully saturated rings. The molecule has 0 saturated carbocycles. The van der Waals surface area contributed by atoms with Crippen molar-refractivity contribution in [3.05, 3.63) is 65.2 Å². The molecule has 21 heavy (non-hydrogen) atoms. The van der Waals surface area contributed by atoms with Crippen molar-refractivity contribution in [2.75, 3.05) is 31.1 Å². The summed E-state index contributed by atoms with van der Waals surface area (Å²) < 4.78 is 0. The van der Waals surface area contributed by atoms with Gasteiger partial charge in [0.05, 0.1) is 0 Å². The lowest BCUT2D eigenvalue weighted by molar-refractivity contribution is 0.249. The van der Waals surface area contributed by atoms with Gasteiger partial charge in [-0.05, 0) is 37.1 Å². The van der Waals surface area contributed by atoms with Crippen LogP contribution in [0.4, 0.5) is 5.69 Å². The maximum Gasteiger partial charge on any atom is 0.0367 e. The molecule has 0 aromatic heterocycles. The number of nitrogens with zero attached hydrogens (tertiary/aromatic N) is 2. The van der Waals surface area contributed by atoms with E-state index in [9.17, 15) is 0 Å². The van der Waals surface area contributed by atoms with Crippen LogP contribution in [-0.4, -0.2) is 31.1 Å². The lowest BCUT2D eigenvalue weighted by Crippen LogP contribution is -2.46. The van der Waals surface area contributed by atoms with Crippen molar-refractivity contribution >= 4 is 5.69 Å². The number of hydrogen-bond donors (Lipinski definition) is 0. The van der Waals surface area contributed by atoms with E-state index >= 15 is 0 Å². The summed E-state index contributed by atoms with van der Waals surface area (Å²) in [5.74, 6) is 0. The van der Waals surface area contributed by atoms with E-state index < -0.39 is 0 Å². The Labute approximate surface area is 128 Å². The first kappa shape index (κ1) is 14.2. The number of piperazine rings is 1. The maximum absolute atomic E-state index is 2.56. The Morgan fingerprint density at radius 1 is 0.810 bits per heavy atom. The molecule has 2 heteroatoms. The Balaban J connectivity index is 1.58. The first-order valence-electron chi connectivity index (χ1n) is 7.81. The Morgan fingerprint density at radius 3 is 2.14 bits per heavy atom. The summed E-state index contributed by atoms with van der Waals surface area (Å²) in [6, 6.07) is 17.6. The molecule has 0 atom stereocenters. The highest BCUT2D eigenvalue weighted by atomic mass is 15.3. The van der Waals surface area contributed by atoms with Crippen LogP contribution in [0.5, 0.6) is 0 Å². The molecule has 3 rings (SSSR count). The third kappa shape index (κ3) is 3.45. The monoisotopic (exact) mass is 280 g/mol. The Hall–Kier alpha value is -1.80. The van der Waals surface area contributed by atoms with Gasteiger partial charge >= 0.3 is 0 Å². The van der Waals surface area contributed by atoms with Crippen molar-refractivity contribution in [2.24, 2.45) is 0 Å². The first-order valence-corrected chi connectivity index (χ1v) is 7.81. The third-order valence-electron chi connectivity index (χ3n) is 4.43. The van der Waals surface area contributed by atoms with E-state index in [1.54, 1.807) is 0 Å². The zero-order valence-corrected chi connectivity index (χ0v) is 13.0. The summed E-state index contributed by atoms with van der Waals surface area (Å²) in [5, 5.41) is 0. The smallest absolute Gasteiger partial charge is 0.0367 e. The minimum absolute atomic E-state index is 1.08. The molecule has 2 aromatic carbocycles. The van der Waals surface area contributed by atoms with Gasteiger partial charge < -0.3 is 4.90 Å². The average molecular weight is 280 g/mol. The fourth-order valence-corrected chi connectivity index (χ4v) is 2.95. The molecule has 0 bridgehead atoms. The zero-order chi connectivity index (χ0) is 14.7. The molecular weight excluding hydrogens is 256 g/mol. The summed E-state index contributed by atoms with van der Waals surface area (Å²) in [6.45, 7) is 9.95. The highest BCUT2D eigenvalue weighted by molar-refractivity contribution is 5.47. The second-order valence-corrected chi connectivity index (χ2v) is 6.03. The lowest BCUT2D eigenvalue weighted by atomic mass is 10.1. The third-order valence-corrected chi connectivity index (χ3v) is 4.43. The van der Waals surface area contributed by atoms with Crippen molar-refractivity contribution in [3.63, 3.8) is 0 Å². The van der Waals surface area contributed by atoms with Gasteiger partial charge in [-0.25, -0.2) is 0 Å². The summed E-state index contributed by atoms with van der Waals surface area (Å²) in [7, 11) is 0. The topological polar surface area (TPSA) is 6.48 Å². The van der Waals surface area contributed by atoms with Crippen LogP contribution in [0.1, 0.15) is 16.7 Å². The van der Waals surface area contributed by atoms with E-state index in [2.05, 4.69) is 72.2 Å². The molecule has 0 radical (unpaired) electrons. The van der Waals surface area contributed by atoms with Gasteiger partial charge in [-0.3, -0.25) is 4.90 Å². The van der Waals surface area contributed by atoms with E-state index in [0.717, 1.165) is 32.7 Å². The van der Waals surface area contributed by atoms with Gasteiger partial charge in [0, 0.05) is 38.4 Å². The van der Waals surface area contributed by atoms with Crippen LogP contribution in [0.3, 0.4) is 0 Å². The summed E-state index contributed by atoms with van der Waals surface area (Å²) >= 11 is 0. The summed E-state index contributed by atoms with van der Waals surface area (Å²) in [4.78, 5) is 5.06. The van der Waals surface area contributed by atoms with Crippen LogP contribution in [0.2, 0.25) is 0 Å². The molecule has 0 N–H and O–H groups in total. The molecule has 0 aliphatic carbocycles. The first-order chi connectivity index (χ1) is 10.2. The standard InChI is InChI=1S/C19H24N2/c1-16-7-9-19(10-8-16)21-13-11-20(12-14-21)15-18-6-4-3-5-17(18)2/h3-10H,11-15H2,1-2H3. The van der Waals surface area contributed by atoms with Crippen molar-refractivity contribution < 1.29 is 0 Å². The summed E-state index contributed by atoms with van der Waals surface area (Å²) in [5.41, 5.74) is 5.55. The van der Waals surface area contributed by atoms with Crippen LogP contribution in [0.15, 0.2) is 48.5 Å². The molecule has 1 heterocycles. The highest BCUT2D eigenvalue weighted by Gasteiger charge is 2.17. The minimum Gasteiger partial charge on any atom is -0.369 e. The Bertz CT molecular complexity index is 581. The second kappa shape index (κ2) is 6.31. The molecule has 1 aliphatic heterocycles. The molecule has 0 unspecified atom stereocenters. The molecule has 110 valence electrons. The van der Waals surface area contributed by atoms with Crippen LogP contribution in [0.25, 0.3) is 0 Å². The van der Waals surface area contributed by atoms with Crippen molar-refractivity contribution in [1.82, 2.24) is 4.90 Å². The number of anilines is 1. The number of hydrogen-bond acceptors (Lipinski definition) is 2. The largest absolute Gasteiger partial charge is 0.369 e. The van der Waals surface area contributed by atoms with Gasteiger partial charge in [0.1, 0.15) is 0 Å². The molecule has 1 aliphatic rings. The predicted molar refractivity (Wildman–Crippen MR) is 89.8 cm³/mol. The average Bonchev–Trinajstić information content (AvgIpc) is 2.51. The fourth-order valence-electron chi connectivity index (χ4n) is 2.95. The van der Waals surface area contributed by atoms with Gasteiger partial charge in [-0.1, -0.05) is 42.0 Å². The van der Waals surface area contributed by atoms with E-state index in [1.165, 1.54) is 22.4 Å². The van der Waals surface area contributed by atoms with E-state index in [0.29, 0.717) is 0 Å². The second-order valence-electron chi connectivity index (χ2n) is 6.03. The predicted octanol–water partition coefficient (Wildman–Crippen LogP) is 3.63.